The van der Waals surface area contributed by atoms with Crippen molar-refractivity contribution in [2.75, 3.05) is 0 Å². The van der Waals surface area contributed by atoms with Gasteiger partial charge < -0.3 is 0 Å². The average Bonchev–Trinajstić information content (AvgIpc) is 2.83. The molecule has 0 spiro atoms. The van der Waals surface area contributed by atoms with Crippen molar-refractivity contribution in [3.05, 3.63) is 68.1 Å². The van der Waals surface area contributed by atoms with Gasteiger partial charge in [0, 0.05) is 0 Å². The van der Waals surface area contributed by atoms with Gasteiger partial charge in [0.1, 0.15) is 11.3 Å². The van der Waals surface area contributed by atoms with Crippen LogP contribution in [-0.2, 0) is 0 Å². The third kappa shape index (κ3) is 2.99. The Hall–Kier alpha value is -2.58. The molecule has 1 aromatic carbocycles. The van der Waals surface area contributed by atoms with Gasteiger partial charge in [-0.1, -0.05) is 29.8 Å². The van der Waals surface area contributed by atoms with E-state index in [4.69, 9.17) is 23.8 Å². The summed E-state index contributed by atoms with van der Waals surface area (Å²) in [5, 5.41) is 15.0. The van der Waals surface area contributed by atoms with Crippen LogP contribution in [0.4, 0.5) is 0 Å². The number of aryl methyl sites for hydroxylation is 1. The van der Waals surface area contributed by atoms with E-state index in [1.165, 1.54) is 6.21 Å². The van der Waals surface area contributed by atoms with Crippen LogP contribution in [0.15, 0.2) is 46.4 Å². The summed E-state index contributed by atoms with van der Waals surface area (Å²) >= 11 is 11.4. The van der Waals surface area contributed by atoms with E-state index in [2.05, 4.69) is 20.4 Å². The fourth-order valence-corrected chi connectivity index (χ4v) is 2.48. The lowest BCUT2D eigenvalue weighted by molar-refractivity contribution is 0.738. The molecule has 0 bridgehead atoms. The number of aromatic nitrogens is 5. The van der Waals surface area contributed by atoms with Crippen molar-refractivity contribution in [3.63, 3.8) is 0 Å². The number of nitrogens with zero attached hydrogens (tertiary/aromatic N) is 5. The lowest BCUT2D eigenvalue weighted by atomic mass is 10.3. The van der Waals surface area contributed by atoms with Gasteiger partial charge in [-0.3, -0.25) is 9.89 Å². The second-order valence-corrected chi connectivity index (χ2v) is 5.35. The SMILES string of the molecule is Cc1nn(-c2ccccc2)c(Cl)c1/C=N/n1c(=O)cn[nH]c1=S. The number of para-hydroxylation sites is 1. The lowest BCUT2D eigenvalue weighted by Gasteiger charge is -2.01. The summed E-state index contributed by atoms with van der Waals surface area (Å²) in [6, 6.07) is 9.48. The molecule has 0 aliphatic heterocycles. The van der Waals surface area contributed by atoms with Crippen LogP contribution in [0.5, 0.6) is 0 Å². The minimum atomic E-state index is -0.436. The van der Waals surface area contributed by atoms with E-state index in [9.17, 15) is 4.79 Å². The first-order valence-corrected chi connectivity index (χ1v) is 7.38. The van der Waals surface area contributed by atoms with Crippen LogP contribution in [0.1, 0.15) is 11.3 Å². The zero-order valence-corrected chi connectivity index (χ0v) is 13.5. The van der Waals surface area contributed by atoms with Crippen molar-refractivity contribution in [1.82, 2.24) is 24.7 Å². The molecule has 116 valence electrons. The normalized spacial score (nSPS) is 11.2. The molecule has 0 radical (unpaired) electrons. The number of benzene rings is 1. The maximum Gasteiger partial charge on any atom is 0.293 e. The molecule has 7 nitrogen and oxygen atoms in total. The molecular weight excluding hydrogens is 336 g/mol. The molecule has 3 aromatic rings. The molecular formula is C14H11ClN6OS. The quantitative estimate of drug-likeness (QED) is 0.583. The summed E-state index contributed by atoms with van der Waals surface area (Å²) < 4.78 is 2.73. The van der Waals surface area contributed by atoms with Crippen LogP contribution in [0.2, 0.25) is 5.15 Å². The van der Waals surface area contributed by atoms with Crippen LogP contribution in [-0.4, -0.2) is 30.9 Å². The molecule has 0 amide bonds. The Kier molecular flexibility index (Phi) is 4.18. The van der Waals surface area contributed by atoms with Gasteiger partial charge in [0.2, 0.25) is 4.77 Å². The summed E-state index contributed by atoms with van der Waals surface area (Å²) in [4.78, 5) is 11.7. The fraction of sp³-hybridized carbons (Fsp3) is 0.0714. The van der Waals surface area contributed by atoms with Gasteiger partial charge in [0.15, 0.2) is 0 Å². The number of aromatic amines is 1. The summed E-state index contributed by atoms with van der Waals surface area (Å²) in [5.41, 5.74) is 1.68. The van der Waals surface area contributed by atoms with Gasteiger partial charge in [-0.15, -0.1) is 0 Å². The van der Waals surface area contributed by atoms with Crippen molar-refractivity contribution in [2.45, 2.75) is 6.92 Å². The molecule has 0 aliphatic carbocycles. The zero-order chi connectivity index (χ0) is 16.4. The Morgan fingerprint density at radius 2 is 2.09 bits per heavy atom. The van der Waals surface area contributed by atoms with Crippen molar-refractivity contribution in [3.8, 4) is 5.69 Å². The molecule has 2 aromatic heterocycles. The molecule has 0 fully saturated rings. The van der Waals surface area contributed by atoms with Crippen LogP contribution in [0, 0.1) is 11.7 Å². The summed E-state index contributed by atoms with van der Waals surface area (Å²) in [5.74, 6) is 0. The molecule has 0 saturated heterocycles. The molecule has 0 aliphatic rings. The summed E-state index contributed by atoms with van der Waals surface area (Å²) in [6.45, 7) is 1.81. The standard InChI is InChI=1S/C14H11ClN6OS/c1-9-11(7-17-21-12(22)8-16-18-14(21)23)13(15)20(19-9)10-5-3-2-4-6-10/h2-8H,1H3,(H,18,23)/b17-7+. The number of rotatable bonds is 3. The Morgan fingerprint density at radius 1 is 1.35 bits per heavy atom. The highest BCUT2D eigenvalue weighted by molar-refractivity contribution is 7.71. The number of hydrogen-bond acceptors (Lipinski definition) is 5. The molecule has 9 heteroatoms. The average molecular weight is 347 g/mol. The second-order valence-electron chi connectivity index (χ2n) is 4.61. The van der Waals surface area contributed by atoms with E-state index < -0.39 is 5.56 Å². The highest BCUT2D eigenvalue weighted by Gasteiger charge is 2.13. The molecule has 1 N–H and O–H groups in total. The van der Waals surface area contributed by atoms with Crippen molar-refractivity contribution in [2.24, 2.45) is 5.10 Å². The monoisotopic (exact) mass is 346 g/mol. The third-order valence-corrected chi connectivity index (χ3v) is 3.72. The first-order valence-electron chi connectivity index (χ1n) is 6.59. The molecule has 0 atom stereocenters. The first kappa shape index (κ1) is 15.3. The zero-order valence-electron chi connectivity index (χ0n) is 12.0. The highest BCUT2D eigenvalue weighted by Crippen LogP contribution is 2.21. The number of nitrogens with one attached hydrogen (secondary N) is 1. The van der Waals surface area contributed by atoms with Gasteiger partial charge in [-0.2, -0.15) is 20.0 Å². The summed E-state index contributed by atoms with van der Waals surface area (Å²) in [7, 11) is 0. The van der Waals surface area contributed by atoms with E-state index in [0.717, 1.165) is 16.6 Å². The minimum absolute atomic E-state index is 0.0953. The highest BCUT2D eigenvalue weighted by atomic mass is 35.5. The number of H-pyrrole nitrogens is 1. The molecule has 0 unspecified atom stereocenters. The van der Waals surface area contributed by atoms with E-state index in [-0.39, 0.29) is 4.77 Å². The Bertz CT molecular complexity index is 960. The second kappa shape index (κ2) is 6.27. The van der Waals surface area contributed by atoms with Crippen LogP contribution >= 0.6 is 23.8 Å². The number of hydrogen-bond donors (Lipinski definition) is 1. The minimum Gasteiger partial charge on any atom is -0.265 e. The van der Waals surface area contributed by atoms with Crippen molar-refractivity contribution >= 4 is 30.0 Å². The topological polar surface area (TPSA) is 80.9 Å². The maximum absolute atomic E-state index is 11.7. The largest absolute Gasteiger partial charge is 0.293 e. The van der Waals surface area contributed by atoms with Gasteiger partial charge in [-0.25, -0.2) is 4.68 Å². The maximum atomic E-state index is 11.7. The predicted octanol–water partition coefficient (Wildman–Crippen LogP) is 2.33. The van der Waals surface area contributed by atoms with Gasteiger partial charge in [0.25, 0.3) is 5.56 Å². The molecule has 3 rings (SSSR count). The Morgan fingerprint density at radius 3 is 2.78 bits per heavy atom. The Balaban J connectivity index is 2.05. The smallest absolute Gasteiger partial charge is 0.265 e. The fourth-order valence-electron chi connectivity index (χ4n) is 1.97. The van der Waals surface area contributed by atoms with E-state index >= 15 is 0 Å². The summed E-state index contributed by atoms with van der Waals surface area (Å²) in [6.07, 6.45) is 2.55. The van der Waals surface area contributed by atoms with Crippen LogP contribution in [0.3, 0.4) is 0 Å². The van der Waals surface area contributed by atoms with Gasteiger partial charge in [0.05, 0.1) is 23.2 Å². The molecule has 23 heavy (non-hydrogen) atoms. The third-order valence-electron chi connectivity index (χ3n) is 3.09. The lowest BCUT2D eigenvalue weighted by Crippen LogP contribution is -2.18. The van der Waals surface area contributed by atoms with E-state index in [0.29, 0.717) is 16.4 Å². The first-order chi connectivity index (χ1) is 11.1. The van der Waals surface area contributed by atoms with Crippen molar-refractivity contribution < 1.29 is 0 Å². The van der Waals surface area contributed by atoms with Gasteiger partial charge in [-0.05, 0) is 31.3 Å². The van der Waals surface area contributed by atoms with Crippen LogP contribution < -0.4 is 5.56 Å². The molecule has 2 heterocycles. The Labute approximate surface area is 140 Å². The van der Waals surface area contributed by atoms with Crippen molar-refractivity contribution in [1.29, 1.82) is 0 Å². The molecule has 0 saturated carbocycles. The van der Waals surface area contributed by atoms with E-state index in [1.807, 2.05) is 37.3 Å². The van der Waals surface area contributed by atoms with Crippen LogP contribution in [0.25, 0.3) is 5.69 Å². The number of halogens is 1. The van der Waals surface area contributed by atoms with E-state index in [1.54, 1.807) is 4.68 Å². The van der Waals surface area contributed by atoms with Gasteiger partial charge >= 0.3 is 0 Å². The predicted molar refractivity (Wildman–Crippen MR) is 90.0 cm³/mol.